The van der Waals surface area contributed by atoms with Gasteiger partial charge in [0.15, 0.2) is 5.75 Å². The lowest BCUT2D eigenvalue weighted by molar-refractivity contribution is 0.108. The molecule has 0 aliphatic carbocycles. The minimum Gasteiger partial charge on any atom is -0.502 e. The summed E-state index contributed by atoms with van der Waals surface area (Å²) in [5.41, 5.74) is 1.54. The normalized spacial score (nSPS) is 12.5. The van der Waals surface area contributed by atoms with E-state index in [4.69, 9.17) is 4.42 Å². The molecule has 0 saturated carbocycles. The Morgan fingerprint density at radius 1 is 1.27 bits per heavy atom. The van der Waals surface area contributed by atoms with E-state index in [1.807, 2.05) is 43.0 Å². The van der Waals surface area contributed by atoms with Crippen molar-refractivity contribution < 1.29 is 14.6 Å². The Morgan fingerprint density at radius 3 is 2.55 bits per heavy atom. The third-order valence-corrected chi connectivity index (χ3v) is 3.59. The van der Waals surface area contributed by atoms with E-state index < -0.39 is 17.3 Å². The average molecular weight is 303 g/mol. The molecule has 0 saturated heterocycles. The van der Waals surface area contributed by atoms with Crippen LogP contribution in [0, 0.1) is 6.92 Å². The summed E-state index contributed by atoms with van der Waals surface area (Å²) in [5, 5.41) is 19.5. The van der Waals surface area contributed by atoms with Crippen LogP contribution in [0.2, 0.25) is 0 Å². The summed E-state index contributed by atoms with van der Waals surface area (Å²) >= 11 is 0. The van der Waals surface area contributed by atoms with Gasteiger partial charge in [-0.25, -0.2) is 0 Å². The van der Waals surface area contributed by atoms with Gasteiger partial charge in [0, 0.05) is 12.6 Å². The van der Waals surface area contributed by atoms with Crippen molar-refractivity contribution in [2.24, 2.45) is 0 Å². The van der Waals surface area contributed by atoms with E-state index in [0.29, 0.717) is 25.4 Å². The quantitative estimate of drug-likeness (QED) is 0.856. The zero-order valence-electron chi connectivity index (χ0n) is 12.8. The lowest BCUT2D eigenvalue weighted by Gasteiger charge is -2.23. The zero-order valence-corrected chi connectivity index (χ0v) is 12.8. The first-order chi connectivity index (χ1) is 10.5. The molecule has 0 aliphatic rings. The standard InChI is InChI=1S/C17H21NO4/c1-3-18(9-14-8-15(19)17(21)11-22-14)10-16(20)13-6-4-12(2)5-7-13/h4-8,11,16,20-21H,3,9-10H2,1-2H3. The fourth-order valence-electron chi connectivity index (χ4n) is 2.19. The first-order valence-corrected chi connectivity index (χ1v) is 7.27. The lowest BCUT2D eigenvalue weighted by Crippen LogP contribution is -2.28. The number of aryl methyl sites for hydroxylation is 1. The maximum absolute atomic E-state index is 11.4. The number of hydrogen-bond acceptors (Lipinski definition) is 5. The molecule has 5 heteroatoms. The van der Waals surface area contributed by atoms with Gasteiger partial charge in [-0.2, -0.15) is 0 Å². The molecule has 2 aromatic rings. The monoisotopic (exact) mass is 303 g/mol. The van der Waals surface area contributed by atoms with Crippen molar-refractivity contribution in [1.29, 1.82) is 0 Å². The number of benzene rings is 1. The van der Waals surface area contributed by atoms with Crippen molar-refractivity contribution in [2.45, 2.75) is 26.5 Å². The average Bonchev–Trinajstić information content (AvgIpc) is 2.50. The minimum absolute atomic E-state index is 0.397. The van der Waals surface area contributed by atoms with Crippen LogP contribution in [0.5, 0.6) is 5.75 Å². The summed E-state index contributed by atoms with van der Waals surface area (Å²) in [4.78, 5) is 13.4. The number of rotatable bonds is 6. The molecule has 0 aliphatic heterocycles. The number of hydrogen-bond donors (Lipinski definition) is 2. The van der Waals surface area contributed by atoms with Crippen LogP contribution >= 0.6 is 0 Å². The summed E-state index contributed by atoms with van der Waals surface area (Å²) in [6.45, 7) is 5.51. The second-order valence-corrected chi connectivity index (χ2v) is 5.35. The molecule has 2 rings (SSSR count). The van der Waals surface area contributed by atoms with Crippen LogP contribution in [0.4, 0.5) is 0 Å². The van der Waals surface area contributed by atoms with Crippen LogP contribution in [-0.4, -0.2) is 28.2 Å². The predicted octanol–water partition coefficient (Wildman–Crippen LogP) is 2.21. The number of aliphatic hydroxyl groups is 1. The largest absolute Gasteiger partial charge is 0.502 e. The van der Waals surface area contributed by atoms with E-state index in [2.05, 4.69) is 0 Å². The Morgan fingerprint density at radius 2 is 1.95 bits per heavy atom. The molecule has 0 radical (unpaired) electrons. The Labute approximate surface area is 129 Å². The van der Waals surface area contributed by atoms with Gasteiger partial charge in [-0.15, -0.1) is 0 Å². The Balaban J connectivity index is 2.03. The van der Waals surface area contributed by atoms with Gasteiger partial charge in [-0.1, -0.05) is 36.8 Å². The topological polar surface area (TPSA) is 73.9 Å². The predicted molar refractivity (Wildman–Crippen MR) is 83.7 cm³/mol. The maximum Gasteiger partial charge on any atom is 0.226 e. The molecule has 0 spiro atoms. The summed E-state index contributed by atoms with van der Waals surface area (Å²) in [7, 11) is 0. The van der Waals surface area contributed by atoms with E-state index >= 15 is 0 Å². The molecule has 1 aromatic heterocycles. The Kier molecular flexibility index (Phi) is 5.35. The van der Waals surface area contributed by atoms with Crippen LogP contribution in [0.25, 0.3) is 0 Å². The molecule has 2 N–H and O–H groups in total. The molecule has 5 nitrogen and oxygen atoms in total. The fourth-order valence-corrected chi connectivity index (χ4v) is 2.19. The number of aromatic hydroxyl groups is 1. The summed E-state index contributed by atoms with van der Waals surface area (Å²) in [6.07, 6.45) is 0.437. The van der Waals surface area contributed by atoms with Crippen molar-refractivity contribution >= 4 is 0 Å². The molecule has 0 fully saturated rings. The smallest absolute Gasteiger partial charge is 0.226 e. The Hall–Kier alpha value is -2.11. The van der Waals surface area contributed by atoms with Crippen LogP contribution in [0.15, 0.2) is 45.8 Å². The van der Waals surface area contributed by atoms with E-state index in [1.165, 1.54) is 6.07 Å². The van der Waals surface area contributed by atoms with Gasteiger partial charge in [-0.05, 0) is 19.0 Å². The SMILES string of the molecule is CCN(Cc1cc(=O)c(O)co1)CC(O)c1ccc(C)cc1. The van der Waals surface area contributed by atoms with Gasteiger partial charge in [-0.3, -0.25) is 9.69 Å². The summed E-state index contributed by atoms with van der Waals surface area (Å²) < 4.78 is 5.20. The highest BCUT2D eigenvalue weighted by Crippen LogP contribution is 2.16. The highest BCUT2D eigenvalue weighted by Gasteiger charge is 2.14. The first-order valence-electron chi connectivity index (χ1n) is 7.27. The van der Waals surface area contributed by atoms with Crippen molar-refractivity contribution in [3.05, 3.63) is 63.7 Å². The molecule has 0 amide bonds. The van der Waals surface area contributed by atoms with E-state index in [0.717, 1.165) is 17.4 Å². The highest BCUT2D eigenvalue weighted by atomic mass is 16.4. The summed E-state index contributed by atoms with van der Waals surface area (Å²) in [6, 6.07) is 9.03. The van der Waals surface area contributed by atoms with Crippen LogP contribution in [0.3, 0.4) is 0 Å². The molecule has 0 bridgehead atoms. The minimum atomic E-state index is -0.607. The first kappa shape index (κ1) is 16.3. The van der Waals surface area contributed by atoms with Crippen molar-refractivity contribution in [1.82, 2.24) is 4.90 Å². The number of nitrogens with zero attached hydrogens (tertiary/aromatic N) is 1. The highest BCUT2D eigenvalue weighted by molar-refractivity contribution is 5.23. The van der Waals surface area contributed by atoms with Gasteiger partial charge in [0.1, 0.15) is 12.0 Å². The Bertz CT molecular complexity index is 663. The van der Waals surface area contributed by atoms with Crippen LogP contribution in [0.1, 0.15) is 29.9 Å². The van der Waals surface area contributed by atoms with E-state index in [9.17, 15) is 15.0 Å². The molecule has 118 valence electrons. The lowest BCUT2D eigenvalue weighted by atomic mass is 10.1. The van der Waals surface area contributed by atoms with Gasteiger partial charge in [0.25, 0.3) is 0 Å². The third kappa shape index (κ3) is 4.19. The van der Waals surface area contributed by atoms with Crippen molar-refractivity contribution in [3.63, 3.8) is 0 Å². The molecule has 1 heterocycles. The van der Waals surface area contributed by atoms with Gasteiger partial charge in [0.2, 0.25) is 5.43 Å². The second-order valence-electron chi connectivity index (χ2n) is 5.35. The second kappa shape index (κ2) is 7.24. The van der Waals surface area contributed by atoms with Crippen LogP contribution < -0.4 is 5.43 Å². The fraction of sp³-hybridized carbons (Fsp3) is 0.353. The van der Waals surface area contributed by atoms with Gasteiger partial charge >= 0.3 is 0 Å². The van der Waals surface area contributed by atoms with Gasteiger partial charge in [0.05, 0.1) is 12.6 Å². The van der Waals surface area contributed by atoms with Crippen molar-refractivity contribution in [3.8, 4) is 5.75 Å². The summed E-state index contributed by atoms with van der Waals surface area (Å²) in [5.74, 6) is 0.0623. The van der Waals surface area contributed by atoms with Crippen molar-refractivity contribution in [2.75, 3.05) is 13.1 Å². The molecular weight excluding hydrogens is 282 g/mol. The molecule has 1 aromatic carbocycles. The third-order valence-electron chi connectivity index (χ3n) is 3.59. The van der Waals surface area contributed by atoms with Gasteiger partial charge < -0.3 is 14.6 Å². The van der Waals surface area contributed by atoms with Crippen LogP contribution in [-0.2, 0) is 6.54 Å². The van der Waals surface area contributed by atoms with E-state index in [1.54, 1.807) is 0 Å². The maximum atomic E-state index is 11.4. The molecule has 22 heavy (non-hydrogen) atoms. The number of likely N-dealkylation sites (N-methyl/N-ethyl adjacent to an activating group) is 1. The molecular formula is C17H21NO4. The molecule has 1 unspecified atom stereocenters. The number of aliphatic hydroxyl groups excluding tert-OH is 1. The molecule has 1 atom stereocenters. The zero-order chi connectivity index (χ0) is 16.1. The van der Waals surface area contributed by atoms with E-state index in [-0.39, 0.29) is 0 Å².